The van der Waals surface area contributed by atoms with Crippen LogP contribution in [-0.4, -0.2) is 0 Å². The first-order valence-corrected chi connectivity index (χ1v) is 6.33. The van der Waals surface area contributed by atoms with Gasteiger partial charge in [0.05, 0.1) is 0 Å². The number of benzene rings is 1. The minimum atomic E-state index is 0.206. The van der Waals surface area contributed by atoms with Crippen LogP contribution in [0.15, 0.2) is 18.2 Å². The molecule has 2 N–H and O–H groups in total. The summed E-state index contributed by atoms with van der Waals surface area (Å²) >= 11 is 0. The van der Waals surface area contributed by atoms with E-state index in [4.69, 9.17) is 5.73 Å². The molecule has 1 aromatic carbocycles. The van der Waals surface area contributed by atoms with Crippen LogP contribution in [0.25, 0.3) is 0 Å². The van der Waals surface area contributed by atoms with E-state index in [2.05, 4.69) is 45.9 Å². The first-order valence-electron chi connectivity index (χ1n) is 6.33. The van der Waals surface area contributed by atoms with Gasteiger partial charge in [0.15, 0.2) is 0 Å². The smallest absolute Gasteiger partial charge is 0.0295 e. The minimum Gasteiger partial charge on any atom is -0.324 e. The molecule has 90 valence electrons. The van der Waals surface area contributed by atoms with Crippen molar-refractivity contribution in [2.24, 2.45) is 11.7 Å². The predicted octanol–water partition coefficient (Wildman–Crippen LogP) is 4.13. The molecular weight excluding hydrogens is 194 g/mol. The Bertz CT molecular complexity index is 308. The van der Waals surface area contributed by atoms with Crippen LogP contribution in [0, 0.1) is 19.8 Å². The molecule has 1 aromatic rings. The fourth-order valence-electron chi connectivity index (χ4n) is 2.14. The third-order valence-electron chi connectivity index (χ3n) is 2.97. The summed E-state index contributed by atoms with van der Waals surface area (Å²) in [6.45, 7) is 8.80. The van der Waals surface area contributed by atoms with Crippen molar-refractivity contribution in [3.8, 4) is 0 Å². The van der Waals surface area contributed by atoms with Crippen LogP contribution >= 0.6 is 0 Å². The quantitative estimate of drug-likeness (QED) is 0.791. The largest absolute Gasteiger partial charge is 0.324 e. The average molecular weight is 219 g/mol. The van der Waals surface area contributed by atoms with Crippen LogP contribution in [0.2, 0.25) is 0 Å². The predicted molar refractivity (Wildman–Crippen MR) is 71.5 cm³/mol. The molecule has 0 aromatic heterocycles. The summed E-state index contributed by atoms with van der Waals surface area (Å²) in [6.07, 6.45) is 3.60. The molecule has 0 amide bonds. The number of aryl methyl sites for hydroxylation is 2. The zero-order chi connectivity index (χ0) is 12.1. The van der Waals surface area contributed by atoms with Crippen LogP contribution < -0.4 is 5.73 Å². The van der Waals surface area contributed by atoms with E-state index >= 15 is 0 Å². The van der Waals surface area contributed by atoms with Crippen LogP contribution in [-0.2, 0) is 0 Å². The summed E-state index contributed by atoms with van der Waals surface area (Å²) in [6, 6.07) is 6.84. The van der Waals surface area contributed by atoms with Gasteiger partial charge in [-0.2, -0.15) is 0 Å². The van der Waals surface area contributed by atoms with Gasteiger partial charge in [0.1, 0.15) is 0 Å². The average Bonchev–Trinajstić information content (AvgIpc) is 2.15. The molecule has 0 saturated carbocycles. The summed E-state index contributed by atoms with van der Waals surface area (Å²) < 4.78 is 0. The van der Waals surface area contributed by atoms with Crippen LogP contribution in [0.3, 0.4) is 0 Å². The Labute approximate surface area is 100 Å². The van der Waals surface area contributed by atoms with Gasteiger partial charge in [0, 0.05) is 6.04 Å². The number of rotatable bonds is 5. The Hall–Kier alpha value is -0.820. The molecule has 1 heteroatoms. The van der Waals surface area contributed by atoms with Crippen molar-refractivity contribution < 1.29 is 0 Å². The number of hydrogen-bond acceptors (Lipinski definition) is 1. The summed E-state index contributed by atoms with van der Waals surface area (Å²) in [4.78, 5) is 0. The Morgan fingerprint density at radius 2 is 1.56 bits per heavy atom. The van der Waals surface area contributed by atoms with Crippen molar-refractivity contribution in [1.82, 2.24) is 0 Å². The lowest BCUT2D eigenvalue weighted by Gasteiger charge is -2.14. The van der Waals surface area contributed by atoms with E-state index in [1.54, 1.807) is 0 Å². The molecule has 1 atom stereocenters. The molecule has 0 aliphatic heterocycles. The molecule has 16 heavy (non-hydrogen) atoms. The van der Waals surface area contributed by atoms with E-state index < -0.39 is 0 Å². The number of hydrogen-bond donors (Lipinski definition) is 1. The SMILES string of the molecule is Cc1cc(C)cc(C(N)CCCC(C)C)c1. The topological polar surface area (TPSA) is 26.0 Å². The Morgan fingerprint density at radius 1 is 1.00 bits per heavy atom. The molecule has 0 heterocycles. The maximum Gasteiger partial charge on any atom is 0.0295 e. The van der Waals surface area contributed by atoms with Gasteiger partial charge in [-0.3, -0.25) is 0 Å². The molecule has 0 saturated heterocycles. The molecule has 1 unspecified atom stereocenters. The van der Waals surface area contributed by atoms with Gasteiger partial charge >= 0.3 is 0 Å². The summed E-state index contributed by atoms with van der Waals surface area (Å²) in [5, 5.41) is 0. The van der Waals surface area contributed by atoms with Crippen molar-refractivity contribution in [1.29, 1.82) is 0 Å². The monoisotopic (exact) mass is 219 g/mol. The van der Waals surface area contributed by atoms with Gasteiger partial charge in [-0.1, -0.05) is 56.0 Å². The molecule has 0 aliphatic rings. The molecular formula is C15H25N. The van der Waals surface area contributed by atoms with Crippen molar-refractivity contribution in [3.63, 3.8) is 0 Å². The second kappa shape index (κ2) is 6.05. The fraction of sp³-hybridized carbons (Fsp3) is 0.600. The third-order valence-corrected chi connectivity index (χ3v) is 2.97. The lowest BCUT2D eigenvalue weighted by atomic mass is 9.96. The molecule has 0 aliphatic carbocycles. The van der Waals surface area contributed by atoms with Gasteiger partial charge < -0.3 is 5.73 Å². The van der Waals surface area contributed by atoms with Crippen molar-refractivity contribution >= 4 is 0 Å². The fourth-order valence-corrected chi connectivity index (χ4v) is 2.14. The minimum absolute atomic E-state index is 0.206. The van der Waals surface area contributed by atoms with E-state index in [9.17, 15) is 0 Å². The highest BCUT2D eigenvalue weighted by atomic mass is 14.6. The zero-order valence-corrected chi connectivity index (χ0v) is 11.1. The Morgan fingerprint density at radius 3 is 2.06 bits per heavy atom. The standard InChI is InChI=1S/C15H25N/c1-11(2)6-5-7-15(16)14-9-12(3)8-13(4)10-14/h8-11,15H,5-7,16H2,1-4H3. The van der Waals surface area contributed by atoms with Crippen molar-refractivity contribution in [2.45, 2.75) is 53.0 Å². The van der Waals surface area contributed by atoms with Gasteiger partial charge in [-0.15, -0.1) is 0 Å². The maximum atomic E-state index is 6.22. The van der Waals surface area contributed by atoms with Crippen molar-refractivity contribution in [3.05, 3.63) is 34.9 Å². The van der Waals surface area contributed by atoms with Crippen LogP contribution in [0.5, 0.6) is 0 Å². The van der Waals surface area contributed by atoms with Gasteiger partial charge in [-0.05, 0) is 31.7 Å². The number of nitrogens with two attached hydrogens (primary N) is 1. The molecule has 0 spiro atoms. The lowest BCUT2D eigenvalue weighted by Crippen LogP contribution is -2.11. The maximum absolute atomic E-state index is 6.22. The van der Waals surface area contributed by atoms with Gasteiger partial charge in [0.25, 0.3) is 0 Å². The normalized spacial score (nSPS) is 13.1. The third kappa shape index (κ3) is 4.36. The molecule has 1 rings (SSSR count). The zero-order valence-electron chi connectivity index (χ0n) is 11.1. The highest BCUT2D eigenvalue weighted by Gasteiger charge is 2.07. The summed E-state index contributed by atoms with van der Waals surface area (Å²) in [5.41, 5.74) is 10.1. The van der Waals surface area contributed by atoms with E-state index in [1.807, 2.05) is 0 Å². The second-order valence-electron chi connectivity index (χ2n) is 5.35. The highest BCUT2D eigenvalue weighted by molar-refractivity contribution is 5.30. The molecule has 0 bridgehead atoms. The summed E-state index contributed by atoms with van der Waals surface area (Å²) in [5.74, 6) is 0.784. The lowest BCUT2D eigenvalue weighted by molar-refractivity contribution is 0.505. The first-order chi connectivity index (χ1) is 7.49. The molecule has 1 nitrogen and oxygen atoms in total. The van der Waals surface area contributed by atoms with Gasteiger partial charge in [-0.25, -0.2) is 0 Å². The Balaban J connectivity index is 2.55. The first kappa shape index (κ1) is 13.2. The second-order valence-corrected chi connectivity index (χ2v) is 5.35. The Kier molecular flexibility index (Phi) is 5.01. The van der Waals surface area contributed by atoms with Crippen molar-refractivity contribution in [2.75, 3.05) is 0 Å². The molecule has 0 radical (unpaired) electrons. The van der Waals surface area contributed by atoms with Crippen LogP contribution in [0.1, 0.15) is 55.8 Å². The summed E-state index contributed by atoms with van der Waals surface area (Å²) in [7, 11) is 0. The van der Waals surface area contributed by atoms with E-state index in [-0.39, 0.29) is 6.04 Å². The van der Waals surface area contributed by atoms with E-state index in [0.717, 1.165) is 12.3 Å². The van der Waals surface area contributed by atoms with E-state index in [1.165, 1.54) is 29.5 Å². The van der Waals surface area contributed by atoms with E-state index in [0.29, 0.717) is 0 Å². The molecule has 0 fully saturated rings. The highest BCUT2D eigenvalue weighted by Crippen LogP contribution is 2.20. The van der Waals surface area contributed by atoms with Gasteiger partial charge in [0.2, 0.25) is 0 Å². The van der Waals surface area contributed by atoms with Crippen LogP contribution in [0.4, 0.5) is 0 Å².